The molecule has 2 heterocycles. The van der Waals surface area contributed by atoms with Gasteiger partial charge in [0, 0.05) is 39.3 Å². The van der Waals surface area contributed by atoms with Crippen LogP contribution >= 0.6 is 0 Å². The van der Waals surface area contributed by atoms with Gasteiger partial charge >= 0.3 is 0 Å². The molecule has 0 N–H and O–H groups in total. The standard InChI is InChI=1S/C14H30N4/c1-15-5-3-7-18-12-10-16(2)6-4-8-17(11-9-15)13-14-18/h3-14H2,1-2H3. The molecule has 0 aromatic rings. The van der Waals surface area contributed by atoms with Crippen LogP contribution in [0, 0.1) is 0 Å². The molecule has 2 bridgehead atoms. The largest absolute Gasteiger partial charge is 0.305 e. The summed E-state index contributed by atoms with van der Waals surface area (Å²) in [4.78, 5) is 10.3. The van der Waals surface area contributed by atoms with E-state index in [0.717, 1.165) is 0 Å². The molecule has 106 valence electrons. The molecule has 2 rings (SSSR count). The minimum absolute atomic E-state index is 1.23. The maximum Gasteiger partial charge on any atom is 0.0110 e. The van der Waals surface area contributed by atoms with Crippen LogP contribution in [0.15, 0.2) is 0 Å². The second-order valence-electron chi connectivity index (χ2n) is 6.00. The summed E-state index contributed by atoms with van der Waals surface area (Å²) >= 11 is 0. The number of nitrogens with zero attached hydrogens (tertiary/aromatic N) is 4. The molecule has 4 heteroatoms. The average molecular weight is 254 g/mol. The third-order valence-electron chi connectivity index (χ3n) is 4.36. The molecule has 0 aliphatic carbocycles. The van der Waals surface area contributed by atoms with Crippen molar-refractivity contribution in [1.29, 1.82) is 0 Å². The van der Waals surface area contributed by atoms with Crippen LogP contribution < -0.4 is 0 Å². The molecule has 18 heavy (non-hydrogen) atoms. The summed E-state index contributed by atoms with van der Waals surface area (Å²) < 4.78 is 0. The number of hydrogen-bond acceptors (Lipinski definition) is 4. The number of rotatable bonds is 0. The second kappa shape index (κ2) is 7.43. The summed E-state index contributed by atoms with van der Waals surface area (Å²) in [5.41, 5.74) is 0. The Morgan fingerprint density at radius 2 is 0.833 bits per heavy atom. The first-order chi connectivity index (χ1) is 8.74. The molecule has 0 aromatic carbocycles. The van der Waals surface area contributed by atoms with E-state index in [0.29, 0.717) is 0 Å². The third kappa shape index (κ3) is 4.84. The molecule has 0 spiro atoms. The number of hydrogen-bond donors (Lipinski definition) is 0. The zero-order valence-electron chi connectivity index (χ0n) is 12.3. The van der Waals surface area contributed by atoms with Crippen molar-refractivity contribution in [2.75, 3.05) is 79.5 Å². The lowest BCUT2D eigenvalue weighted by molar-refractivity contribution is 0.135. The Morgan fingerprint density at radius 3 is 1.28 bits per heavy atom. The van der Waals surface area contributed by atoms with Gasteiger partial charge in [-0.25, -0.2) is 0 Å². The smallest absolute Gasteiger partial charge is 0.0110 e. The van der Waals surface area contributed by atoms with Crippen molar-refractivity contribution in [3.05, 3.63) is 0 Å². The molecule has 0 radical (unpaired) electrons. The number of likely N-dealkylation sites (N-methyl/N-ethyl adjacent to an activating group) is 2. The fraction of sp³-hybridized carbons (Fsp3) is 1.00. The SMILES string of the molecule is CN1CCCN2CCN(C)CCCN(CC1)CC2. The maximum atomic E-state index is 2.66. The minimum atomic E-state index is 1.23. The van der Waals surface area contributed by atoms with E-state index in [1.807, 2.05) is 0 Å². The summed E-state index contributed by atoms with van der Waals surface area (Å²) in [7, 11) is 4.54. The van der Waals surface area contributed by atoms with E-state index in [-0.39, 0.29) is 0 Å². The van der Waals surface area contributed by atoms with Crippen LogP contribution in [0.4, 0.5) is 0 Å². The van der Waals surface area contributed by atoms with Gasteiger partial charge in [-0.3, -0.25) is 0 Å². The summed E-state index contributed by atoms with van der Waals surface area (Å²) in [5.74, 6) is 0. The quantitative estimate of drug-likeness (QED) is 0.615. The van der Waals surface area contributed by atoms with Crippen LogP contribution in [0.5, 0.6) is 0 Å². The number of fused-ring (bicyclic) bond motifs is 3. The van der Waals surface area contributed by atoms with Gasteiger partial charge in [0.15, 0.2) is 0 Å². The van der Waals surface area contributed by atoms with E-state index in [2.05, 4.69) is 33.7 Å². The Balaban J connectivity index is 1.95. The summed E-state index contributed by atoms with van der Waals surface area (Å²) in [5, 5.41) is 0. The van der Waals surface area contributed by atoms with Gasteiger partial charge in [-0.1, -0.05) is 0 Å². The first kappa shape index (κ1) is 14.3. The predicted molar refractivity (Wildman–Crippen MR) is 77.1 cm³/mol. The van der Waals surface area contributed by atoms with Crippen LogP contribution in [-0.4, -0.2) is 99.1 Å². The highest BCUT2D eigenvalue weighted by molar-refractivity contribution is 4.71. The first-order valence-corrected chi connectivity index (χ1v) is 7.56. The minimum Gasteiger partial charge on any atom is -0.305 e. The van der Waals surface area contributed by atoms with Crippen LogP contribution in [0.25, 0.3) is 0 Å². The fourth-order valence-electron chi connectivity index (χ4n) is 2.93. The van der Waals surface area contributed by atoms with Gasteiger partial charge in [0.1, 0.15) is 0 Å². The van der Waals surface area contributed by atoms with Crippen molar-refractivity contribution in [1.82, 2.24) is 19.6 Å². The van der Waals surface area contributed by atoms with Gasteiger partial charge in [-0.05, 0) is 53.1 Å². The van der Waals surface area contributed by atoms with Crippen LogP contribution in [0.1, 0.15) is 12.8 Å². The second-order valence-corrected chi connectivity index (χ2v) is 6.00. The first-order valence-electron chi connectivity index (χ1n) is 7.56. The molecule has 2 unspecified atom stereocenters. The fourth-order valence-corrected chi connectivity index (χ4v) is 2.93. The molecular formula is C14H30N4. The van der Waals surface area contributed by atoms with Gasteiger partial charge in [-0.2, -0.15) is 0 Å². The zero-order valence-corrected chi connectivity index (χ0v) is 12.3. The lowest BCUT2D eigenvalue weighted by Crippen LogP contribution is -2.45. The van der Waals surface area contributed by atoms with E-state index in [1.54, 1.807) is 0 Å². The normalized spacial score (nSPS) is 34.3. The lowest BCUT2D eigenvalue weighted by atomic mass is 10.2. The lowest BCUT2D eigenvalue weighted by Gasteiger charge is -2.34. The maximum absolute atomic E-state index is 2.66. The zero-order chi connectivity index (χ0) is 12.8. The highest BCUT2D eigenvalue weighted by Crippen LogP contribution is 2.04. The molecule has 2 fully saturated rings. The van der Waals surface area contributed by atoms with Crippen LogP contribution in [-0.2, 0) is 0 Å². The Morgan fingerprint density at radius 1 is 0.444 bits per heavy atom. The topological polar surface area (TPSA) is 13.0 Å². The molecule has 2 aliphatic heterocycles. The van der Waals surface area contributed by atoms with Gasteiger partial charge in [0.2, 0.25) is 0 Å². The van der Waals surface area contributed by atoms with Gasteiger partial charge in [0.25, 0.3) is 0 Å². The van der Waals surface area contributed by atoms with Crippen LogP contribution in [0.3, 0.4) is 0 Å². The van der Waals surface area contributed by atoms with E-state index >= 15 is 0 Å². The Kier molecular flexibility index (Phi) is 5.89. The molecular weight excluding hydrogens is 224 g/mol. The van der Waals surface area contributed by atoms with Crippen molar-refractivity contribution in [2.45, 2.75) is 12.8 Å². The summed E-state index contributed by atoms with van der Waals surface area (Å²) in [6.07, 6.45) is 2.64. The molecule has 0 amide bonds. The van der Waals surface area contributed by atoms with E-state index in [1.165, 1.54) is 78.3 Å². The van der Waals surface area contributed by atoms with Crippen molar-refractivity contribution < 1.29 is 0 Å². The Labute approximate surface area is 113 Å². The van der Waals surface area contributed by atoms with Crippen molar-refractivity contribution >= 4 is 0 Å². The third-order valence-corrected chi connectivity index (χ3v) is 4.36. The van der Waals surface area contributed by atoms with Crippen molar-refractivity contribution in [3.63, 3.8) is 0 Å². The molecule has 4 nitrogen and oxygen atoms in total. The molecule has 0 saturated carbocycles. The van der Waals surface area contributed by atoms with Crippen molar-refractivity contribution in [2.24, 2.45) is 0 Å². The Bertz CT molecular complexity index is 210. The Hall–Kier alpha value is -0.160. The monoisotopic (exact) mass is 254 g/mol. The summed E-state index contributed by atoms with van der Waals surface area (Å²) in [6, 6.07) is 0. The highest BCUT2D eigenvalue weighted by atomic mass is 15.2. The van der Waals surface area contributed by atoms with Crippen molar-refractivity contribution in [3.8, 4) is 0 Å². The van der Waals surface area contributed by atoms with Gasteiger partial charge < -0.3 is 19.6 Å². The molecule has 0 aromatic heterocycles. The van der Waals surface area contributed by atoms with E-state index in [9.17, 15) is 0 Å². The molecule has 2 saturated heterocycles. The molecule has 2 aliphatic rings. The van der Waals surface area contributed by atoms with Gasteiger partial charge in [-0.15, -0.1) is 0 Å². The van der Waals surface area contributed by atoms with E-state index < -0.39 is 0 Å². The predicted octanol–water partition coefficient (Wildman–Crippen LogP) is 0.261. The van der Waals surface area contributed by atoms with Gasteiger partial charge in [0.05, 0.1) is 0 Å². The highest BCUT2D eigenvalue weighted by Gasteiger charge is 2.15. The van der Waals surface area contributed by atoms with Crippen LogP contribution in [0.2, 0.25) is 0 Å². The summed E-state index contributed by atoms with van der Waals surface area (Å²) in [6.45, 7) is 12.5. The average Bonchev–Trinajstić information content (AvgIpc) is 2.37. The molecule has 2 atom stereocenters. The van der Waals surface area contributed by atoms with E-state index in [4.69, 9.17) is 0 Å².